The number of nitrogens with zero attached hydrogens (tertiary/aromatic N) is 2. The lowest BCUT2D eigenvalue weighted by molar-refractivity contribution is -0.134. The fourth-order valence-electron chi connectivity index (χ4n) is 4.85. The van der Waals surface area contributed by atoms with Crippen molar-refractivity contribution >= 4 is 45.0 Å². The average molecular weight is 634 g/mol. The van der Waals surface area contributed by atoms with Gasteiger partial charge in [-0.3, -0.25) is 14.6 Å². The van der Waals surface area contributed by atoms with E-state index in [2.05, 4.69) is 15.0 Å². The fraction of sp³-hybridized carbons (Fsp3) is 0.367. The lowest BCUT2D eigenvalue weighted by atomic mass is 9.98. The van der Waals surface area contributed by atoms with Crippen LogP contribution in [0.15, 0.2) is 71.8 Å². The predicted octanol–water partition coefficient (Wildman–Crippen LogP) is 4.07. The molecule has 0 aliphatic carbocycles. The molecule has 1 aromatic heterocycles. The Morgan fingerprint density at radius 1 is 1.07 bits per heavy atom. The fourth-order valence-corrected chi connectivity index (χ4v) is 6.45. The lowest BCUT2D eigenvalue weighted by Gasteiger charge is -2.37. The summed E-state index contributed by atoms with van der Waals surface area (Å²) in [5, 5.41) is 13.9. The van der Waals surface area contributed by atoms with Crippen molar-refractivity contribution in [3.8, 4) is 11.3 Å². The maximum atomic E-state index is 13.2. The molecular weight excluding hydrogens is 599 g/mol. The van der Waals surface area contributed by atoms with Gasteiger partial charge in [0.2, 0.25) is 21.8 Å². The van der Waals surface area contributed by atoms with Crippen molar-refractivity contribution in [3.63, 3.8) is 0 Å². The van der Waals surface area contributed by atoms with Crippen molar-refractivity contribution in [2.75, 3.05) is 13.1 Å². The Morgan fingerprint density at radius 3 is 2.52 bits per heavy atom. The van der Waals surface area contributed by atoms with Gasteiger partial charge in [0.1, 0.15) is 6.04 Å². The number of aliphatic hydroxyl groups is 1. The Kier molecular flexibility index (Phi) is 10.6. The normalized spacial score (nSPS) is 18.1. The summed E-state index contributed by atoms with van der Waals surface area (Å²) >= 11 is 11.9. The number of aliphatic hydroxyl groups excluding tert-OH is 1. The molecule has 224 valence electrons. The van der Waals surface area contributed by atoms with Gasteiger partial charge >= 0.3 is 0 Å². The van der Waals surface area contributed by atoms with Crippen molar-refractivity contribution in [1.82, 2.24) is 19.9 Å². The van der Waals surface area contributed by atoms with E-state index in [1.807, 2.05) is 56.3 Å². The second-order valence-electron chi connectivity index (χ2n) is 10.8. The van der Waals surface area contributed by atoms with E-state index in [-0.39, 0.29) is 46.2 Å². The number of likely N-dealkylation sites (tertiary alicyclic amines) is 1. The third-order valence-electron chi connectivity index (χ3n) is 7.03. The Bertz CT molecular complexity index is 1520. The maximum Gasteiger partial charge on any atom is 0.241 e. The van der Waals surface area contributed by atoms with E-state index in [4.69, 9.17) is 23.2 Å². The third-order valence-corrected chi connectivity index (χ3v) is 9.24. The number of nitrogens with one attached hydrogen (secondary N) is 2. The number of carbonyl (C=O) groups excluding carboxylic acids is 2. The van der Waals surface area contributed by atoms with Crippen molar-refractivity contribution in [2.45, 2.75) is 56.2 Å². The van der Waals surface area contributed by atoms with E-state index in [1.165, 1.54) is 18.2 Å². The Balaban J connectivity index is 1.36. The molecule has 0 spiro atoms. The minimum Gasteiger partial charge on any atom is -0.389 e. The maximum absolute atomic E-state index is 13.2. The van der Waals surface area contributed by atoms with E-state index in [1.54, 1.807) is 11.1 Å². The van der Waals surface area contributed by atoms with E-state index in [9.17, 15) is 23.1 Å². The van der Waals surface area contributed by atoms with Crippen LogP contribution < -0.4 is 10.0 Å². The van der Waals surface area contributed by atoms with E-state index >= 15 is 0 Å². The smallest absolute Gasteiger partial charge is 0.241 e. The van der Waals surface area contributed by atoms with Gasteiger partial charge in [0.05, 0.1) is 39.2 Å². The van der Waals surface area contributed by atoms with Crippen LogP contribution in [-0.4, -0.2) is 66.5 Å². The number of benzene rings is 2. The number of amides is 2. The molecule has 1 aliphatic rings. The molecule has 4 rings (SSSR count). The number of rotatable bonds is 10. The molecule has 42 heavy (non-hydrogen) atoms. The largest absolute Gasteiger partial charge is 0.389 e. The zero-order valence-electron chi connectivity index (χ0n) is 23.3. The molecule has 0 radical (unpaired) electrons. The first-order chi connectivity index (χ1) is 19.9. The summed E-state index contributed by atoms with van der Waals surface area (Å²) in [6.07, 6.45) is 1.42. The molecule has 12 heteroatoms. The van der Waals surface area contributed by atoms with Crippen LogP contribution in [0.5, 0.6) is 0 Å². The molecular formula is C30H34Cl2N4O5S. The summed E-state index contributed by atoms with van der Waals surface area (Å²) in [5.74, 6) is -0.690. The van der Waals surface area contributed by atoms with Gasteiger partial charge in [0.15, 0.2) is 0 Å². The Labute approximate surface area is 256 Å². The van der Waals surface area contributed by atoms with Gasteiger partial charge in [-0.1, -0.05) is 61.3 Å². The van der Waals surface area contributed by atoms with Crippen molar-refractivity contribution in [1.29, 1.82) is 0 Å². The summed E-state index contributed by atoms with van der Waals surface area (Å²) in [4.78, 5) is 32.1. The first-order valence-corrected chi connectivity index (χ1v) is 15.9. The highest BCUT2D eigenvalue weighted by Gasteiger charge is 2.34. The van der Waals surface area contributed by atoms with Gasteiger partial charge in [0, 0.05) is 24.8 Å². The molecule has 9 nitrogen and oxygen atoms in total. The first kappa shape index (κ1) is 31.9. The van der Waals surface area contributed by atoms with E-state index in [0.29, 0.717) is 13.0 Å². The molecule has 0 saturated carbocycles. The minimum atomic E-state index is -4.09. The van der Waals surface area contributed by atoms with Crippen LogP contribution in [0.4, 0.5) is 0 Å². The SMILES string of the molecule is CC(C)C[C@H](NS(=O)(=O)c1ccc(Cl)c(Cl)c1)C(=O)NC1CCN(C(=O)Cc2cccc(-c3ccccn3)c2)CC1O. The number of aromatic nitrogens is 1. The van der Waals surface area contributed by atoms with Crippen molar-refractivity contribution in [3.05, 3.63) is 82.5 Å². The number of hydrogen-bond donors (Lipinski definition) is 3. The second kappa shape index (κ2) is 14.0. The highest BCUT2D eigenvalue weighted by atomic mass is 35.5. The number of piperidine rings is 1. The summed E-state index contributed by atoms with van der Waals surface area (Å²) < 4.78 is 28.5. The first-order valence-electron chi connectivity index (χ1n) is 13.7. The van der Waals surface area contributed by atoms with Crippen molar-refractivity contribution in [2.24, 2.45) is 5.92 Å². The lowest BCUT2D eigenvalue weighted by Crippen LogP contribution is -2.58. The molecule has 2 aromatic carbocycles. The quantitative estimate of drug-likeness (QED) is 0.309. The molecule has 2 amide bonds. The zero-order valence-corrected chi connectivity index (χ0v) is 25.7. The predicted molar refractivity (Wildman–Crippen MR) is 163 cm³/mol. The number of carbonyl (C=O) groups is 2. The van der Waals surface area contributed by atoms with Crippen LogP contribution in [0.1, 0.15) is 32.3 Å². The highest BCUT2D eigenvalue weighted by Crippen LogP contribution is 2.25. The number of hydrogen-bond acceptors (Lipinski definition) is 6. The van der Waals surface area contributed by atoms with Crippen molar-refractivity contribution < 1.29 is 23.1 Å². The van der Waals surface area contributed by atoms with Gasteiger partial charge in [-0.15, -0.1) is 0 Å². The van der Waals surface area contributed by atoms with E-state index < -0.39 is 34.1 Å². The van der Waals surface area contributed by atoms with Gasteiger partial charge in [-0.25, -0.2) is 8.42 Å². The van der Waals surface area contributed by atoms with Gasteiger partial charge in [-0.2, -0.15) is 4.72 Å². The van der Waals surface area contributed by atoms with Gasteiger partial charge in [0.25, 0.3) is 0 Å². The van der Waals surface area contributed by atoms with Crippen LogP contribution >= 0.6 is 23.2 Å². The summed E-state index contributed by atoms with van der Waals surface area (Å²) in [5.41, 5.74) is 2.56. The molecule has 0 bridgehead atoms. The van der Waals surface area contributed by atoms with Crippen LogP contribution in [0.3, 0.4) is 0 Å². The molecule has 2 heterocycles. The zero-order chi connectivity index (χ0) is 30.4. The summed E-state index contributed by atoms with van der Waals surface area (Å²) in [6.45, 7) is 4.13. The second-order valence-corrected chi connectivity index (χ2v) is 13.3. The van der Waals surface area contributed by atoms with Crippen LogP contribution in [0.25, 0.3) is 11.3 Å². The molecule has 1 saturated heterocycles. The third kappa shape index (κ3) is 8.29. The summed E-state index contributed by atoms with van der Waals surface area (Å²) in [7, 11) is -4.09. The standard InChI is InChI=1S/C30H34Cl2N4O5S/c1-19(2)14-27(35-42(40,41)22-9-10-23(31)24(32)17-22)30(39)34-26-11-13-36(18-28(26)37)29(38)16-20-6-5-7-21(15-20)25-8-3-4-12-33-25/h3-10,12,15,17,19,26-28,35,37H,11,13-14,16,18H2,1-2H3,(H,34,39)/t26?,27-,28?/m0/s1. The van der Waals surface area contributed by atoms with Gasteiger partial charge < -0.3 is 15.3 Å². The van der Waals surface area contributed by atoms with Crippen LogP contribution in [0, 0.1) is 5.92 Å². The number of β-amino-alcohol motifs (C(OH)–C–C–N with tert-alkyl or cyclic N) is 1. The topological polar surface area (TPSA) is 129 Å². The number of pyridine rings is 1. The van der Waals surface area contributed by atoms with Crippen LogP contribution in [-0.2, 0) is 26.0 Å². The van der Waals surface area contributed by atoms with E-state index in [0.717, 1.165) is 16.8 Å². The highest BCUT2D eigenvalue weighted by molar-refractivity contribution is 7.89. The van der Waals surface area contributed by atoms with Crippen LogP contribution in [0.2, 0.25) is 10.0 Å². The monoisotopic (exact) mass is 632 g/mol. The Hall–Kier alpha value is -3.02. The minimum absolute atomic E-state index is 0.00202. The average Bonchev–Trinajstić information content (AvgIpc) is 2.95. The summed E-state index contributed by atoms with van der Waals surface area (Å²) in [6, 6.07) is 15.5. The molecule has 3 N–H and O–H groups in total. The molecule has 3 atom stereocenters. The molecule has 1 aliphatic heterocycles. The Morgan fingerprint density at radius 2 is 1.86 bits per heavy atom. The molecule has 1 fully saturated rings. The number of sulfonamides is 1. The van der Waals surface area contributed by atoms with Gasteiger partial charge in [-0.05, 0) is 60.7 Å². The molecule has 2 unspecified atom stereocenters. The number of halogens is 2. The molecule has 3 aromatic rings.